The highest BCUT2D eigenvalue weighted by atomic mass is 35.5. The van der Waals surface area contributed by atoms with E-state index in [1.807, 2.05) is 19.9 Å². The van der Waals surface area contributed by atoms with Gasteiger partial charge >= 0.3 is 0 Å². The fraction of sp³-hybridized carbons (Fsp3) is 0.417. The van der Waals surface area contributed by atoms with Gasteiger partial charge < -0.3 is 4.42 Å². The summed E-state index contributed by atoms with van der Waals surface area (Å²) in [6, 6.07) is 1.98. The Balaban J connectivity index is 2.29. The molecule has 1 aromatic heterocycles. The molecule has 1 fully saturated rings. The third-order valence-corrected chi connectivity index (χ3v) is 3.56. The molecular formula is C12H12ClNO. The number of halogens is 1. The van der Waals surface area contributed by atoms with Crippen LogP contribution >= 0.6 is 11.6 Å². The van der Waals surface area contributed by atoms with Gasteiger partial charge in [-0.25, -0.2) is 4.98 Å². The van der Waals surface area contributed by atoms with Crippen molar-refractivity contribution in [1.82, 2.24) is 4.98 Å². The first-order valence-corrected chi connectivity index (χ1v) is 5.60. The van der Waals surface area contributed by atoms with E-state index in [4.69, 9.17) is 16.0 Å². The summed E-state index contributed by atoms with van der Waals surface area (Å²) in [7, 11) is 0. The predicted molar refractivity (Wildman–Crippen MR) is 60.5 cm³/mol. The zero-order valence-electron chi connectivity index (χ0n) is 8.80. The number of hydrogen-bond donors (Lipinski definition) is 0. The molecule has 0 N–H and O–H groups in total. The van der Waals surface area contributed by atoms with Crippen LogP contribution in [0.4, 0.5) is 0 Å². The first kappa shape index (κ1) is 9.22. The maximum atomic E-state index is 6.18. The smallest absolute Gasteiger partial charge is 0.198 e. The van der Waals surface area contributed by atoms with Gasteiger partial charge in [0.25, 0.3) is 0 Å². The van der Waals surface area contributed by atoms with Gasteiger partial charge in [0, 0.05) is 10.9 Å². The molecule has 1 aliphatic carbocycles. The summed E-state index contributed by atoms with van der Waals surface area (Å²) in [4.78, 5) is 4.53. The van der Waals surface area contributed by atoms with Crippen molar-refractivity contribution in [3.8, 4) is 0 Å². The molecule has 1 heterocycles. The summed E-state index contributed by atoms with van der Waals surface area (Å²) >= 11 is 6.18. The molecule has 3 rings (SSSR count). The van der Waals surface area contributed by atoms with Gasteiger partial charge in [-0.3, -0.25) is 0 Å². The average Bonchev–Trinajstić information content (AvgIpc) is 2.97. The van der Waals surface area contributed by atoms with E-state index in [1.54, 1.807) is 0 Å². The number of fused-ring (bicyclic) bond motifs is 1. The van der Waals surface area contributed by atoms with Crippen molar-refractivity contribution in [2.75, 3.05) is 0 Å². The molecule has 0 radical (unpaired) electrons. The number of oxazole rings is 1. The molecule has 0 aliphatic heterocycles. The zero-order valence-corrected chi connectivity index (χ0v) is 9.56. The molecule has 0 spiro atoms. The molecule has 2 aromatic rings. The van der Waals surface area contributed by atoms with Crippen LogP contribution in [0.3, 0.4) is 0 Å². The molecule has 0 bridgehead atoms. The molecule has 0 atom stereocenters. The molecule has 0 unspecified atom stereocenters. The van der Waals surface area contributed by atoms with E-state index in [0.717, 1.165) is 33.1 Å². The SMILES string of the molecule is Cc1cc2oc(C3CC3)nc2c(C)c1Cl. The fourth-order valence-corrected chi connectivity index (χ4v) is 2.02. The molecule has 1 aliphatic rings. The van der Waals surface area contributed by atoms with E-state index >= 15 is 0 Å². The van der Waals surface area contributed by atoms with Crippen molar-refractivity contribution in [1.29, 1.82) is 0 Å². The molecule has 0 amide bonds. The first-order valence-electron chi connectivity index (χ1n) is 5.23. The van der Waals surface area contributed by atoms with Crippen LogP contribution in [-0.2, 0) is 0 Å². The summed E-state index contributed by atoms with van der Waals surface area (Å²) in [6.07, 6.45) is 2.41. The van der Waals surface area contributed by atoms with E-state index in [-0.39, 0.29) is 0 Å². The molecular weight excluding hydrogens is 210 g/mol. The molecule has 3 heteroatoms. The highest BCUT2D eigenvalue weighted by Crippen LogP contribution is 2.41. The quantitative estimate of drug-likeness (QED) is 0.728. The molecule has 15 heavy (non-hydrogen) atoms. The van der Waals surface area contributed by atoms with Gasteiger partial charge in [0.1, 0.15) is 5.52 Å². The second kappa shape index (κ2) is 2.99. The Morgan fingerprint density at radius 1 is 1.40 bits per heavy atom. The second-order valence-electron chi connectivity index (χ2n) is 4.31. The summed E-state index contributed by atoms with van der Waals surface area (Å²) < 4.78 is 5.74. The van der Waals surface area contributed by atoms with Crippen molar-refractivity contribution < 1.29 is 4.42 Å². The molecule has 78 valence electrons. The van der Waals surface area contributed by atoms with Crippen LogP contribution in [-0.4, -0.2) is 4.98 Å². The summed E-state index contributed by atoms with van der Waals surface area (Å²) in [5.74, 6) is 1.44. The largest absolute Gasteiger partial charge is 0.440 e. The van der Waals surface area contributed by atoms with E-state index in [9.17, 15) is 0 Å². The lowest BCUT2D eigenvalue weighted by Gasteiger charge is -2.00. The van der Waals surface area contributed by atoms with Gasteiger partial charge in [-0.05, 0) is 43.9 Å². The third-order valence-electron chi connectivity index (χ3n) is 2.97. The Hall–Kier alpha value is -1.02. The maximum Gasteiger partial charge on any atom is 0.198 e. The number of nitrogens with zero attached hydrogens (tertiary/aromatic N) is 1. The van der Waals surface area contributed by atoms with Gasteiger partial charge in [-0.2, -0.15) is 0 Å². The van der Waals surface area contributed by atoms with Gasteiger partial charge in [0.2, 0.25) is 0 Å². The van der Waals surface area contributed by atoms with E-state index in [0.29, 0.717) is 5.92 Å². The van der Waals surface area contributed by atoms with Crippen molar-refractivity contribution in [2.24, 2.45) is 0 Å². The lowest BCUT2D eigenvalue weighted by atomic mass is 10.1. The fourth-order valence-electron chi connectivity index (χ4n) is 1.88. The molecule has 1 saturated carbocycles. The second-order valence-corrected chi connectivity index (χ2v) is 4.68. The van der Waals surface area contributed by atoms with Crippen molar-refractivity contribution in [3.63, 3.8) is 0 Å². The standard InChI is InChI=1S/C12H12ClNO/c1-6-5-9-11(7(2)10(6)13)14-12(15-9)8-3-4-8/h5,8H,3-4H2,1-2H3. The Morgan fingerprint density at radius 3 is 2.80 bits per heavy atom. The monoisotopic (exact) mass is 221 g/mol. The molecule has 2 nitrogen and oxygen atoms in total. The Kier molecular flexibility index (Phi) is 1.84. The number of aryl methyl sites for hydroxylation is 2. The normalized spacial score (nSPS) is 16.2. The molecule has 0 saturated heterocycles. The summed E-state index contributed by atoms with van der Waals surface area (Å²) in [5.41, 5.74) is 3.88. The van der Waals surface area contributed by atoms with E-state index < -0.39 is 0 Å². The van der Waals surface area contributed by atoms with E-state index in [2.05, 4.69) is 4.98 Å². The number of hydrogen-bond acceptors (Lipinski definition) is 2. The van der Waals surface area contributed by atoms with E-state index in [1.165, 1.54) is 12.8 Å². The molecule has 1 aromatic carbocycles. The summed E-state index contributed by atoms with van der Waals surface area (Å²) in [6.45, 7) is 3.99. The van der Waals surface area contributed by atoms with Gasteiger partial charge in [0.15, 0.2) is 11.5 Å². The van der Waals surface area contributed by atoms with Crippen molar-refractivity contribution >= 4 is 22.7 Å². The van der Waals surface area contributed by atoms with Gasteiger partial charge in [-0.15, -0.1) is 0 Å². The zero-order chi connectivity index (χ0) is 10.6. The van der Waals surface area contributed by atoms with Crippen molar-refractivity contribution in [3.05, 3.63) is 28.1 Å². The highest BCUT2D eigenvalue weighted by Gasteiger charge is 2.29. The maximum absolute atomic E-state index is 6.18. The van der Waals surface area contributed by atoms with Gasteiger partial charge in [0.05, 0.1) is 0 Å². The van der Waals surface area contributed by atoms with Crippen molar-refractivity contribution in [2.45, 2.75) is 32.6 Å². The summed E-state index contributed by atoms with van der Waals surface area (Å²) in [5, 5.41) is 0.804. The van der Waals surface area contributed by atoms with Gasteiger partial charge in [-0.1, -0.05) is 11.6 Å². The van der Waals surface area contributed by atoms with Crippen LogP contribution in [0.25, 0.3) is 11.1 Å². The van der Waals surface area contributed by atoms with Crippen LogP contribution in [0.5, 0.6) is 0 Å². The van der Waals surface area contributed by atoms with Crippen LogP contribution in [0, 0.1) is 13.8 Å². The highest BCUT2D eigenvalue weighted by molar-refractivity contribution is 6.33. The minimum absolute atomic E-state index is 0.552. The number of benzene rings is 1. The first-order chi connectivity index (χ1) is 7.16. The minimum atomic E-state index is 0.552. The lowest BCUT2D eigenvalue weighted by molar-refractivity contribution is 0.533. The van der Waals surface area contributed by atoms with Crippen LogP contribution in [0.1, 0.15) is 35.8 Å². The Bertz CT molecular complexity index is 540. The number of rotatable bonds is 1. The third kappa shape index (κ3) is 1.36. The van der Waals surface area contributed by atoms with Crippen LogP contribution in [0.15, 0.2) is 10.5 Å². The predicted octanol–water partition coefficient (Wildman–Crippen LogP) is 3.98. The van der Waals surface area contributed by atoms with Crippen LogP contribution < -0.4 is 0 Å². The Labute approximate surface area is 93.2 Å². The minimum Gasteiger partial charge on any atom is -0.440 e. The Morgan fingerprint density at radius 2 is 2.13 bits per heavy atom. The lowest BCUT2D eigenvalue weighted by Crippen LogP contribution is -1.83. The topological polar surface area (TPSA) is 26.0 Å². The van der Waals surface area contributed by atoms with Crippen LogP contribution in [0.2, 0.25) is 5.02 Å². The average molecular weight is 222 g/mol. The number of aromatic nitrogens is 1.